The Labute approximate surface area is 199 Å². The van der Waals surface area contributed by atoms with Gasteiger partial charge in [0.2, 0.25) is 5.78 Å². The molecule has 0 aromatic carbocycles. The van der Waals surface area contributed by atoms with Crippen LogP contribution < -0.4 is 0 Å². The van der Waals surface area contributed by atoms with Gasteiger partial charge in [0.05, 0.1) is 18.3 Å². The van der Waals surface area contributed by atoms with E-state index in [0.717, 1.165) is 5.57 Å². The standard InChI is InChI=1S/C26H34O8/c1-13(27)32-12-19(31)26-20(33-23(2,3)34-26)10-16-21-17(29)9-14-8-15(28)6-7-24(14,4)22(21)18(30)11-25(16,26)5/h6-8,16-18,20-22,29-30H,9-12H2,1-5H3/t16-,17-,18-,20+,21+,22-,24-,25-,26+/m0/s1. The van der Waals surface area contributed by atoms with E-state index in [9.17, 15) is 24.6 Å². The molecule has 0 spiro atoms. The lowest BCUT2D eigenvalue weighted by molar-refractivity contribution is -0.233. The second-order valence-corrected chi connectivity index (χ2v) is 11.6. The van der Waals surface area contributed by atoms with E-state index in [2.05, 4.69) is 0 Å². The Bertz CT molecular complexity index is 1010. The van der Waals surface area contributed by atoms with Crippen LogP contribution in [0.3, 0.4) is 0 Å². The molecule has 8 heteroatoms. The number of rotatable bonds is 3. The van der Waals surface area contributed by atoms with Crippen molar-refractivity contribution >= 4 is 17.5 Å². The molecule has 0 amide bonds. The molecule has 0 unspecified atom stereocenters. The largest absolute Gasteiger partial charge is 0.458 e. The van der Waals surface area contributed by atoms with Crippen LogP contribution in [-0.4, -0.2) is 64.1 Å². The predicted octanol–water partition coefficient (Wildman–Crippen LogP) is 1.87. The number of ether oxygens (including phenoxy) is 3. The number of aliphatic hydroxyl groups is 2. The zero-order valence-corrected chi connectivity index (χ0v) is 20.4. The van der Waals surface area contributed by atoms with Gasteiger partial charge in [-0.05, 0) is 57.1 Å². The molecular formula is C26H34O8. The normalized spacial score (nSPS) is 48.3. The first-order chi connectivity index (χ1) is 15.7. The van der Waals surface area contributed by atoms with E-state index in [1.807, 2.05) is 19.9 Å². The lowest BCUT2D eigenvalue weighted by atomic mass is 9.45. The third kappa shape index (κ3) is 3.01. The van der Waals surface area contributed by atoms with Crippen LogP contribution in [0, 0.1) is 28.6 Å². The van der Waals surface area contributed by atoms with Gasteiger partial charge in [-0.15, -0.1) is 0 Å². The van der Waals surface area contributed by atoms with Crippen molar-refractivity contribution in [2.24, 2.45) is 28.6 Å². The summed E-state index contributed by atoms with van der Waals surface area (Å²) in [4.78, 5) is 37.2. The minimum absolute atomic E-state index is 0.109. The van der Waals surface area contributed by atoms with Crippen LogP contribution >= 0.6 is 0 Å². The van der Waals surface area contributed by atoms with Crippen LogP contribution in [0.25, 0.3) is 0 Å². The molecule has 0 radical (unpaired) electrons. The van der Waals surface area contributed by atoms with Gasteiger partial charge < -0.3 is 24.4 Å². The quantitative estimate of drug-likeness (QED) is 0.595. The average Bonchev–Trinajstić information content (AvgIpc) is 3.13. The summed E-state index contributed by atoms with van der Waals surface area (Å²) in [7, 11) is 0. The topological polar surface area (TPSA) is 119 Å². The van der Waals surface area contributed by atoms with E-state index in [1.54, 1.807) is 26.0 Å². The highest BCUT2D eigenvalue weighted by molar-refractivity contribution is 6.01. The second-order valence-electron chi connectivity index (χ2n) is 11.6. The zero-order valence-electron chi connectivity index (χ0n) is 20.4. The molecule has 1 saturated heterocycles. The predicted molar refractivity (Wildman–Crippen MR) is 119 cm³/mol. The summed E-state index contributed by atoms with van der Waals surface area (Å²) in [6, 6.07) is 0. The smallest absolute Gasteiger partial charge is 0.303 e. The van der Waals surface area contributed by atoms with Crippen molar-refractivity contribution in [1.29, 1.82) is 0 Å². The number of allylic oxidation sites excluding steroid dienone is 3. The van der Waals surface area contributed by atoms with Crippen LogP contribution in [-0.2, 0) is 28.6 Å². The van der Waals surface area contributed by atoms with E-state index < -0.39 is 53.1 Å². The maximum Gasteiger partial charge on any atom is 0.303 e. The molecule has 0 aromatic rings. The van der Waals surface area contributed by atoms with E-state index in [4.69, 9.17) is 14.2 Å². The van der Waals surface area contributed by atoms with E-state index in [-0.39, 0.29) is 35.7 Å². The monoisotopic (exact) mass is 474 g/mol. The van der Waals surface area contributed by atoms with Crippen molar-refractivity contribution in [3.8, 4) is 0 Å². The molecule has 4 fully saturated rings. The summed E-state index contributed by atoms with van der Waals surface area (Å²) in [6.07, 6.45) is 3.85. The van der Waals surface area contributed by atoms with Gasteiger partial charge in [0.25, 0.3) is 0 Å². The minimum atomic E-state index is -1.41. The first kappa shape index (κ1) is 23.9. The average molecular weight is 475 g/mol. The molecule has 1 aliphatic heterocycles. The molecule has 3 saturated carbocycles. The Hall–Kier alpha value is -1.87. The minimum Gasteiger partial charge on any atom is -0.458 e. The van der Waals surface area contributed by atoms with E-state index >= 15 is 0 Å². The number of aliphatic hydroxyl groups excluding tert-OH is 2. The summed E-state index contributed by atoms with van der Waals surface area (Å²) >= 11 is 0. The van der Waals surface area contributed by atoms with Crippen LogP contribution in [0.15, 0.2) is 23.8 Å². The van der Waals surface area contributed by atoms with Gasteiger partial charge in [-0.25, -0.2) is 0 Å². The molecule has 8 nitrogen and oxygen atoms in total. The molecule has 0 aromatic heterocycles. The molecule has 2 N–H and O–H groups in total. The first-order valence-electron chi connectivity index (χ1n) is 12.1. The number of carbonyl (C=O) groups excluding carboxylic acids is 3. The fraction of sp³-hybridized carbons (Fsp3) is 0.731. The van der Waals surface area contributed by atoms with Gasteiger partial charge in [-0.1, -0.05) is 25.5 Å². The number of ketones is 2. The number of hydrogen-bond acceptors (Lipinski definition) is 8. The van der Waals surface area contributed by atoms with Gasteiger partial charge in [-0.3, -0.25) is 14.4 Å². The lowest BCUT2D eigenvalue weighted by Crippen LogP contribution is -2.65. The Morgan fingerprint density at radius 3 is 2.56 bits per heavy atom. The number of fused-ring (bicyclic) bond motifs is 7. The summed E-state index contributed by atoms with van der Waals surface area (Å²) < 4.78 is 17.7. The Kier molecular flexibility index (Phi) is 5.14. The molecule has 4 aliphatic carbocycles. The maximum atomic E-state index is 13.7. The Morgan fingerprint density at radius 1 is 1.18 bits per heavy atom. The molecule has 34 heavy (non-hydrogen) atoms. The molecular weight excluding hydrogens is 440 g/mol. The van der Waals surface area contributed by atoms with Crippen LogP contribution in [0.2, 0.25) is 0 Å². The zero-order chi connectivity index (χ0) is 24.8. The molecule has 0 bridgehead atoms. The van der Waals surface area contributed by atoms with Crippen LogP contribution in [0.4, 0.5) is 0 Å². The Balaban J connectivity index is 1.59. The van der Waals surface area contributed by atoms with Crippen molar-refractivity contribution in [1.82, 2.24) is 0 Å². The summed E-state index contributed by atoms with van der Waals surface area (Å²) in [6.45, 7) is 8.28. The molecule has 5 rings (SSSR count). The van der Waals surface area contributed by atoms with Crippen LogP contribution in [0.5, 0.6) is 0 Å². The van der Waals surface area contributed by atoms with Gasteiger partial charge in [-0.2, -0.15) is 0 Å². The second kappa shape index (κ2) is 7.32. The fourth-order valence-corrected chi connectivity index (χ4v) is 8.16. The highest BCUT2D eigenvalue weighted by Gasteiger charge is 2.77. The van der Waals surface area contributed by atoms with E-state index in [0.29, 0.717) is 12.8 Å². The summed E-state index contributed by atoms with van der Waals surface area (Å²) in [5.74, 6) is -2.90. The maximum absolute atomic E-state index is 13.7. The molecule has 5 aliphatic rings. The van der Waals surface area contributed by atoms with Gasteiger partial charge in [0.15, 0.2) is 23.8 Å². The molecule has 9 atom stereocenters. The third-order valence-electron chi connectivity index (χ3n) is 9.34. The first-order valence-corrected chi connectivity index (χ1v) is 12.1. The number of carbonyl (C=O) groups is 3. The van der Waals surface area contributed by atoms with Crippen molar-refractivity contribution in [3.63, 3.8) is 0 Å². The van der Waals surface area contributed by atoms with Gasteiger partial charge >= 0.3 is 5.97 Å². The molecule has 1 heterocycles. The number of hydrogen-bond donors (Lipinski definition) is 2. The number of esters is 1. The highest BCUT2D eigenvalue weighted by atomic mass is 16.8. The SMILES string of the molecule is CC(=O)OCC(=O)[C@@]12OC(C)(C)O[C@@H]1C[C@H]1[C@H]3[C@H]([C@@H](O)C[C@@]12C)[C@@]1(C)C=CC(=O)C=C1C[C@@H]3O. The summed E-state index contributed by atoms with van der Waals surface area (Å²) in [5.41, 5.74) is -1.98. The van der Waals surface area contributed by atoms with Gasteiger partial charge in [0, 0.05) is 23.7 Å². The van der Waals surface area contributed by atoms with Crippen LogP contribution in [0.1, 0.15) is 53.9 Å². The van der Waals surface area contributed by atoms with Gasteiger partial charge in [0.1, 0.15) is 0 Å². The molecule has 186 valence electrons. The fourth-order valence-electron chi connectivity index (χ4n) is 8.16. The van der Waals surface area contributed by atoms with Crippen molar-refractivity contribution in [2.75, 3.05) is 6.61 Å². The Morgan fingerprint density at radius 2 is 1.88 bits per heavy atom. The lowest BCUT2D eigenvalue weighted by Gasteiger charge is -2.61. The van der Waals surface area contributed by atoms with Crippen molar-refractivity contribution in [2.45, 2.75) is 83.6 Å². The number of Topliss-reactive ketones (excluding diaryl/α,β-unsaturated/α-hetero) is 1. The third-order valence-corrected chi connectivity index (χ3v) is 9.34. The van der Waals surface area contributed by atoms with E-state index in [1.165, 1.54) is 6.92 Å². The van der Waals surface area contributed by atoms with Crippen molar-refractivity contribution in [3.05, 3.63) is 23.8 Å². The summed E-state index contributed by atoms with van der Waals surface area (Å²) in [5, 5.41) is 23.0. The highest BCUT2D eigenvalue weighted by Crippen LogP contribution is 2.70. The van der Waals surface area contributed by atoms with Crippen molar-refractivity contribution < 1.29 is 38.8 Å².